The number of amides is 1. The summed E-state index contributed by atoms with van der Waals surface area (Å²) < 4.78 is 0. The van der Waals surface area contributed by atoms with Crippen molar-refractivity contribution >= 4 is 17.3 Å². The Kier molecular flexibility index (Phi) is 5.00. The third-order valence-corrected chi connectivity index (χ3v) is 2.10. The van der Waals surface area contributed by atoms with E-state index in [0.717, 1.165) is 0 Å². The number of carbonyl (C=O) groups is 1. The third-order valence-electron chi connectivity index (χ3n) is 2.10. The Bertz CT molecular complexity index is 420. The van der Waals surface area contributed by atoms with E-state index in [-0.39, 0.29) is 5.91 Å². The van der Waals surface area contributed by atoms with Crippen LogP contribution >= 0.6 is 0 Å². The first-order valence-electron chi connectivity index (χ1n) is 5.21. The minimum atomic E-state index is -0.0322. The van der Waals surface area contributed by atoms with Gasteiger partial charge in [-0.1, -0.05) is 17.2 Å². The summed E-state index contributed by atoms with van der Waals surface area (Å²) in [6.45, 7) is 0.711. The summed E-state index contributed by atoms with van der Waals surface area (Å²) >= 11 is 0. The highest BCUT2D eigenvalue weighted by Gasteiger charge is 2.02. The Morgan fingerprint density at radius 1 is 1.41 bits per heavy atom. The lowest BCUT2D eigenvalue weighted by Gasteiger charge is -2.09. The smallest absolute Gasteiger partial charge is 0.225 e. The van der Waals surface area contributed by atoms with Crippen LogP contribution in [-0.2, 0) is 4.79 Å². The predicted octanol–water partition coefficient (Wildman–Crippen LogP) is 2.52. The molecule has 0 unspecified atom stereocenters. The lowest BCUT2D eigenvalue weighted by molar-refractivity contribution is -0.116. The van der Waals surface area contributed by atoms with Gasteiger partial charge in [0.05, 0.1) is 0 Å². The van der Waals surface area contributed by atoms with Crippen LogP contribution < -0.4 is 5.32 Å². The van der Waals surface area contributed by atoms with E-state index < -0.39 is 0 Å². The average Bonchev–Trinajstić information content (AvgIpc) is 2.29. The lowest BCUT2D eigenvalue weighted by Crippen LogP contribution is -2.20. The first-order chi connectivity index (χ1) is 8.11. The lowest BCUT2D eigenvalue weighted by atomic mass is 10.2. The summed E-state index contributed by atoms with van der Waals surface area (Å²) in [6, 6.07) is 6.72. The molecule has 17 heavy (non-hydrogen) atoms. The van der Waals surface area contributed by atoms with Crippen molar-refractivity contribution in [2.45, 2.75) is 6.42 Å². The van der Waals surface area contributed by atoms with E-state index >= 15 is 0 Å². The van der Waals surface area contributed by atoms with Crippen LogP contribution in [0.2, 0.25) is 0 Å². The Labute approximate surface area is 99.9 Å². The molecule has 0 aliphatic heterocycles. The molecule has 6 heteroatoms. The Hall–Kier alpha value is -2.04. The van der Waals surface area contributed by atoms with Gasteiger partial charge in [-0.2, -0.15) is 0 Å². The first-order valence-corrected chi connectivity index (χ1v) is 5.21. The highest BCUT2D eigenvalue weighted by Crippen LogP contribution is 2.16. The zero-order valence-corrected chi connectivity index (χ0v) is 9.92. The molecule has 1 aromatic rings. The fraction of sp³-hybridized carbons (Fsp3) is 0.364. The molecule has 1 aromatic carbocycles. The van der Waals surface area contributed by atoms with Gasteiger partial charge in [0.25, 0.3) is 0 Å². The van der Waals surface area contributed by atoms with Gasteiger partial charge in [0, 0.05) is 29.3 Å². The molecule has 0 fully saturated rings. The molecule has 90 valence electrons. The molecule has 0 radical (unpaired) electrons. The molecular weight excluding hydrogens is 218 g/mol. The Balaban J connectivity index is 2.51. The Morgan fingerprint density at radius 2 is 2.06 bits per heavy atom. The highest BCUT2D eigenvalue weighted by atomic mass is 16.1. The number of benzene rings is 1. The van der Waals surface area contributed by atoms with Gasteiger partial charge in [0.1, 0.15) is 0 Å². The molecule has 1 N–H and O–H groups in total. The van der Waals surface area contributed by atoms with Crippen molar-refractivity contribution in [1.29, 1.82) is 0 Å². The minimum Gasteiger partial charge on any atom is -0.326 e. The van der Waals surface area contributed by atoms with Gasteiger partial charge >= 0.3 is 0 Å². The van der Waals surface area contributed by atoms with Crippen LogP contribution in [0.15, 0.2) is 29.4 Å². The first kappa shape index (κ1) is 13.0. The maximum absolute atomic E-state index is 11.5. The molecule has 0 aliphatic rings. The minimum absolute atomic E-state index is 0.0322. The second-order valence-electron chi connectivity index (χ2n) is 3.84. The second-order valence-corrected chi connectivity index (χ2v) is 3.84. The summed E-state index contributed by atoms with van der Waals surface area (Å²) in [4.78, 5) is 16.1. The third kappa shape index (κ3) is 5.01. The van der Waals surface area contributed by atoms with Crippen LogP contribution in [-0.4, -0.2) is 31.4 Å². The average molecular weight is 233 g/mol. The zero-order valence-electron chi connectivity index (χ0n) is 9.92. The van der Waals surface area contributed by atoms with Crippen molar-refractivity contribution < 1.29 is 4.79 Å². The molecule has 0 heterocycles. The van der Waals surface area contributed by atoms with Crippen molar-refractivity contribution in [2.75, 3.05) is 26.0 Å². The van der Waals surface area contributed by atoms with Gasteiger partial charge in [-0.25, -0.2) is 0 Å². The Morgan fingerprint density at radius 3 is 2.59 bits per heavy atom. The number of azide groups is 1. The summed E-state index contributed by atoms with van der Waals surface area (Å²) in [5.41, 5.74) is 9.47. The van der Waals surface area contributed by atoms with E-state index in [1.54, 1.807) is 24.3 Å². The van der Waals surface area contributed by atoms with Crippen LogP contribution in [0.25, 0.3) is 10.4 Å². The molecule has 0 bridgehead atoms. The van der Waals surface area contributed by atoms with Crippen LogP contribution in [0.1, 0.15) is 6.42 Å². The molecule has 1 amide bonds. The summed E-state index contributed by atoms with van der Waals surface area (Å²) in [6.07, 6.45) is 0.450. The fourth-order valence-electron chi connectivity index (χ4n) is 1.21. The number of hydrogen-bond donors (Lipinski definition) is 1. The van der Waals surface area contributed by atoms with Crippen molar-refractivity contribution in [3.05, 3.63) is 34.7 Å². The van der Waals surface area contributed by atoms with Crippen molar-refractivity contribution in [2.24, 2.45) is 5.11 Å². The highest BCUT2D eigenvalue weighted by molar-refractivity contribution is 5.90. The second kappa shape index (κ2) is 6.52. The normalized spacial score (nSPS) is 9.82. The predicted molar refractivity (Wildman–Crippen MR) is 67.0 cm³/mol. The van der Waals surface area contributed by atoms with Crippen molar-refractivity contribution in [3.8, 4) is 0 Å². The van der Waals surface area contributed by atoms with Gasteiger partial charge < -0.3 is 10.2 Å². The van der Waals surface area contributed by atoms with Crippen LogP contribution in [0.3, 0.4) is 0 Å². The van der Waals surface area contributed by atoms with Crippen molar-refractivity contribution in [3.63, 3.8) is 0 Å². The number of anilines is 1. The van der Waals surface area contributed by atoms with E-state index in [2.05, 4.69) is 15.3 Å². The number of carbonyl (C=O) groups excluding carboxylic acids is 1. The fourth-order valence-corrected chi connectivity index (χ4v) is 1.21. The molecule has 0 atom stereocenters. The summed E-state index contributed by atoms with van der Waals surface area (Å²) in [7, 11) is 3.84. The topological polar surface area (TPSA) is 81.1 Å². The van der Waals surface area contributed by atoms with E-state index in [9.17, 15) is 4.79 Å². The van der Waals surface area contributed by atoms with E-state index in [4.69, 9.17) is 5.53 Å². The van der Waals surface area contributed by atoms with Gasteiger partial charge in [0.2, 0.25) is 5.91 Å². The molecule has 0 aliphatic carbocycles. The van der Waals surface area contributed by atoms with Crippen LogP contribution in [0, 0.1) is 0 Å². The maximum atomic E-state index is 11.5. The molecule has 0 aromatic heterocycles. The van der Waals surface area contributed by atoms with Gasteiger partial charge in [-0.15, -0.1) is 0 Å². The van der Waals surface area contributed by atoms with E-state index in [0.29, 0.717) is 24.3 Å². The van der Waals surface area contributed by atoms with E-state index in [1.807, 2.05) is 19.0 Å². The van der Waals surface area contributed by atoms with Gasteiger partial charge in [-0.3, -0.25) is 4.79 Å². The van der Waals surface area contributed by atoms with E-state index in [1.165, 1.54) is 0 Å². The number of nitrogens with one attached hydrogen (secondary N) is 1. The van der Waals surface area contributed by atoms with Crippen LogP contribution in [0.4, 0.5) is 11.4 Å². The molecule has 6 nitrogen and oxygen atoms in total. The number of nitrogens with zero attached hydrogens (tertiary/aromatic N) is 4. The molecule has 1 rings (SSSR count). The number of rotatable bonds is 5. The SMILES string of the molecule is CN(C)CCC(=O)Nc1ccc(N=[N+]=[N-])cc1. The molecule has 0 saturated carbocycles. The maximum Gasteiger partial charge on any atom is 0.225 e. The molecule has 0 saturated heterocycles. The molecular formula is C11H15N5O. The summed E-state index contributed by atoms with van der Waals surface area (Å²) in [5, 5.41) is 6.21. The van der Waals surface area contributed by atoms with Crippen LogP contribution in [0.5, 0.6) is 0 Å². The largest absolute Gasteiger partial charge is 0.326 e. The monoisotopic (exact) mass is 233 g/mol. The standard InChI is InChI=1S/C11H15N5O/c1-16(2)8-7-11(17)13-9-3-5-10(6-4-9)14-15-12/h3-6H,7-8H2,1-2H3,(H,13,17). The van der Waals surface area contributed by atoms with Crippen molar-refractivity contribution in [1.82, 2.24) is 4.90 Å². The van der Waals surface area contributed by atoms with Gasteiger partial charge in [0.15, 0.2) is 0 Å². The van der Waals surface area contributed by atoms with Gasteiger partial charge in [-0.05, 0) is 31.8 Å². The summed E-state index contributed by atoms with van der Waals surface area (Å²) in [5.74, 6) is -0.0322. The zero-order chi connectivity index (χ0) is 12.7. The number of hydrogen-bond acceptors (Lipinski definition) is 3. The molecule has 0 spiro atoms. The quantitative estimate of drug-likeness (QED) is 0.481.